The maximum Gasteiger partial charge on any atom is 0.279 e. The van der Waals surface area contributed by atoms with Crippen molar-refractivity contribution in [3.05, 3.63) is 52.9 Å². The summed E-state index contributed by atoms with van der Waals surface area (Å²) in [6.07, 6.45) is 1.30. The van der Waals surface area contributed by atoms with Crippen LogP contribution in [0.15, 0.2) is 52.4 Å². The molecule has 2 aromatic heterocycles. The van der Waals surface area contributed by atoms with Crippen molar-refractivity contribution in [2.75, 3.05) is 4.72 Å². The molecule has 0 radical (unpaired) electrons. The molecule has 0 bridgehead atoms. The topological polar surface area (TPSA) is 96.8 Å². The molecule has 0 aliphatic carbocycles. The lowest BCUT2D eigenvalue weighted by molar-refractivity contribution is 0.584. The summed E-state index contributed by atoms with van der Waals surface area (Å²) in [7, 11) is -2.24. The number of rotatable bonds is 3. The number of aromatic nitrogens is 3. The molecule has 0 spiro atoms. The van der Waals surface area contributed by atoms with Gasteiger partial charge >= 0.3 is 0 Å². The van der Waals surface area contributed by atoms with Gasteiger partial charge in [0.1, 0.15) is 0 Å². The molecule has 108 valence electrons. The minimum atomic E-state index is -3.81. The first kappa shape index (κ1) is 13.4. The molecule has 0 atom stereocenters. The van der Waals surface area contributed by atoms with E-state index >= 15 is 0 Å². The molecule has 2 heterocycles. The van der Waals surface area contributed by atoms with Gasteiger partial charge in [0.25, 0.3) is 10.0 Å². The van der Waals surface area contributed by atoms with Crippen molar-refractivity contribution < 1.29 is 8.42 Å². The molecule has 3 rings (SSSR count). The molecule has 0 saturated carbocycles. The van der Waals surface area contributed by atoms with Gasteiger partial charge in [-0.25, -0.2) is 0 Å². The number of pyridine rings is 1. The molecule has 0 saturated heterocycles. The van der Waals surface area contributed by atoms with Crippen LogP contribution >= 0.6 is 0 Å². The monoisotopic (exact) mass is 304 g/mol. The quantitative estimate of drug-likeness (QED) is 0.756. The van der Waals surface area contributed by atoms with E-state index in [4.69, 9.17) is 0 Å². The van der Waals surface area contributed by atoms with Crippen molar-refractivity contribution in [2.24, 2.45) is 7.05 Å². The van der Waals surface area contributed by atoms with Crippen molar-refractivity contribution in [2.45, 2.75) is 5.03 Å². The van der Waals surface area contributed by atoms with Crippen LogP contribution in [-0.2, 0) is 17.1 Å². The summed E-state index contributed by atoms with van der Waals surface area (Å²) < 4.78 is 28.8. The lowest BCUT2D eigenvalue weighted by atomic mass is 10.3. The van der Waals surface area contributed by atoms with Gasteiger partial charge in [0, 0.05) is 24.7 Å². The third-order valence-corrected chi connectivity index (χ3v) is 4.47. The molecule has 0 aliphatic heterocycles. The van der Waals surface area contributed by atoms with Gasteiger partial charge in [-0.05, 0) is 18.2 Å². The first-order valence-corrected chi connectivity index (χ1v) is 7.59. The molecular formula is C13H12N4O3S. The fourth-order valence-electron chi connectivity index (χ4n) is 2.12. The number of anilines is 1. The summed E-state index contributed by atoms with van der Waals surface area (Å²) in [6.45, 7) is 0. The maximum absolute atomic E-state index is 12.5. The van der Waals surface area contributed by atoms with E-state index in [1.54, 1.807) is 31.3 Å². The minimum Gasteiger partial charge on any atom is -0.327 e. The Morgan fingerprint density at radius 2 is 1.95 bits per heavy atom. The molecule has 0 fully saturated rings. The summed E-state index contributed by atoms with van der Waals surface area (Å²) in [5, 5.41) is 4.79. The zero-order chi connectivity index (χ0) is 15.0. The Labute approximate surface area is 120 Å². The van der Waals surface area contributed by atoms with Crippen molar-refractivity contribution in [1.82, 2.24) is 14.8 Å². The van der Waals surface area contributed by atoms with Gasteiger partial charge in [-0.2, -0.15) is 13.5 Å². The Balaban J connectivity index is 2.10. The maximum atomic E-state index is 12.5. The third kappa shape index (κ3) is 2.40. The molecule has 21 heavy (non-hydrogen) atoms. The van der Waals surface area contributed by atoms with E-state index < -0.39 is 10.0 Å². The molecule has 3 aromatic rings. The van der Waals surface area contributed by atoms with Crippen LogP contribution in [0.3, 0.4) is 0 Å². The van der Waals surface area contributed by atoms with Crippen LogP contribution in [-0.4, -0.2) is 23.2 Å². The Kier molecular flexibility index (Phi) is 3.02. The molecule has 0 aliphatic rings. The third-order valence-electron chi connectivity index (χ3n) is 2.98. The normalized spacial score (nSPS) is 11.7. The molecule has 2 N–H and O–H groups in total. The second kappa shape index (κ2) is 4.74. The van der Waals surface area contributed by atoms with E-state index in [-0.39, 0.29) is 16.3 Å². The summed E-state index contributed by atoms with van der Waals surface area (Å²) in [5.41, 5.74) is 0.575. The number of nitrogens with one attached hydrogen (secondary N) is 2. The van der Waals surface area contributed by atoms with Crippen LogP contribution in [0.25, 0.3) is 10.9 Å². The van der Waals surface area contributed by atoms with Crippen LogP contribution in [0.5, 0.6) is 0 Å². The number of H-pyrrole nitrogens is 1. The highest BCUT2D eigenvalue weighted by atomic mass is 32.2. The SMILES string of the molecule is Cn1nc2ccccc2c1S(=O)(=O)Nc1ccc(=O)[nH]c1. The van der Waals surface area contributed by atoms with Crippen LogP contribution in [0.4, 0.5) is 5.69 Å². The van der Waals surface area contributed by atoms with E-state index in [0.29, 0.717) is 10.9 Å². The largest absolute Gasteiger partial charge is 0.327 e. The lowest BCUT2D eigenvalue weighted by Crippen LogP contribution is -2.17. The standard InChI is InChI=1S/C13H12N4O3S/c1-17-13(10-4-2-3-5-11(10)15-17)21(19,20)16-9-6-7-12(18)14-8-9/h2-8,16H,1H3,(H,14,18). The van der Waals surface area contributed by atoms with Gasteiger partial charge in [0.15, 0.2) is 5.03 Å². The molecule has 7 nitrogen and oxygen atoms in total. The van der Waals surface area contributed by atoms with Gasteiger partial charge in [-0.1, -0.05) is 12.1 Å². The second-order valence-corrected chi connectivity index (χ2v) is 6.09. The zero-order valence-electron chi connectivity index (χ0n) is 11.1. The summed E-state index contributed by atoms with van der Waals surface area (Å²) in [4.78, 5) is 13.4. The predicted octanol–water partition coefficient (Wildman–Crippen LogP) is 1.06. The van der Waals surface area contributed by atoms with Crippen LogP contribution in [0, 0.1) is 0 Å². The summed E-state index contributed by atoms with van der Waals surface area (Å²) >= 11 is 0. The van der Waals surface area contributed by atoms with Crippen molar-refractivity contribution >= 4 is 26.6 Å². The highest BCUT2D eigenvalue weighted by Crippen LogP contribution is 2.23. The van der Waals surface area contributed by atoms with E-state index in [1.807, 2.05) is 0 Å². The molecule has 8 heteroatoms. The van der Waals surface area contributed by atoms with Crippen molar-refractivity contribution in [1.29, 1.82) is 0 Å². The minimum absolute atomic E-state index is 0.0734. The van der Waals surface area contributed by atoms with Gasteiger partial charge in [0.2, 0.25) is 5.56 Å². The van der Waals surface area contributed by atoms with Crippen molar-refractivity contribution in [3.63, 3.8) is 0 Å². The molecular weight excluding hydrogens is 292 g/mol. The number of hydrogen-bond donors (Lipinski definition) is 2. The number of aromatic amines is 1. The van der Waals surface area contributed by atoms with Crippen LogP contribution in [0.2, 0.25) is 0 Å². The number of aryl methyl sites for hydroxylation is 1. The Morgan fingerprint density at radius 1 is 1.19 bits per heavy atom. The molecule has 0 unspecified atom stereocenters. The summed E-state index contributed by atoms with van der Waals surface area (Å²) in [6, 6.07) is 9.64. The highest BCUT2D eigenvalue weighted by molar-refractivity contribution is 7.92. The van der Waals surface area contributed by atoms with Crippen LogP contribution in [0.1, 0.15) is 0 Å². The fraction of sp³-hybridized carbons (Fsp3) is 0.0769. The average Bonchev–Trinajstić information content (AvgIpc) is 2.77. The number of sulfonamides is 1. The molecule has 1 aromatic carbocycles. The Bertz CT molecular complexity index is 952. The first-order chi connectivity index (χ1) is 9.97. The van der Waals surface area contributed by atoms with Gasteiger partial charge < -0.3 is 4.98 Å². The highest BCUT2D eigenvalue weighted by Gasteiger charge is 2.22. The molecule has 0 amide bonds. The Hall–Kier alpha value is -2.61. The number of hydrogen-bond acceptors (Lipinski definition) is 4. The van der Waals surface area contributed by atoms with E-state index in [1.165, 1.54) is 23.0 Å². The smallest absolute Gasteiger partial charge is 0.279 e. The fourth-order valence-corrected chi connectivity index (χ4v) is 3.50. The summed E-state index contributed by atoms with van der Waals surface area (Å²) in [5.74, 6) is 0. The van der Waals surface area contributed by atoms with E-state index in [9.17, 15) is 13.2 Å². The lowest BCUT2D eigenvalue weighted by Gasteiger charge is -2.08. The average molecular weight is 304 g/mol. The second-order valence-electron chi connectivity index (χ2n) is 4.49. The zero-order valence-corrected chi connectivity index (χ0v) is 11.9. The number of nitrogens with zero attached hydrogens (tertiary/aromatic N) is 2. The van der Waals surface area contributed by atoms with Gasteiger partial charge in [0.05, 0.1) is 11.2 Å². The van der Waals surface area contributed by atoms with Gasteiger partial charge in [-0.15, -0.1) is 0 Å². The van der Waals surface area contributed by atoms with Crippen LogP contribution < -0.4 is 10.3 Å². The number of benzene rings is 1. The van der Waals surface area contributed by atoms with E-state index in [2.05, 4.69) is 14.8 Å². The van der Waals surface area contributed by atoms with Crippen molar-refractivity contribution in [3.8, 4) is 0 Å². The Morgan fingerprint density at radius 3 is 2.67 bits per heavy atom. The van der Waals surface area contributed by atoms with Gasteiger partial charge in [-0.3, -0.25) is 14.2 Å². The van der Waals surface area contributed by atoms with E-state index in [0.717, 1.165) is 0 Å². The number of fused-ring (bicyclic) bond motifs is 1. The first-order valence-electron chi connectivity index (χ1n) is 6.11. The predicted molar refractivity (Wildman–Crippen MR) is 78.6 cm³/mol.